The summed E-state index contributed by atoms with van der Waals surface area (Å²) in [6, 6.07) is 13.4. The van der Waals surface area contributed by atoms with Gasteiger partial charge in [0.2, 0.25) is 0 Å². The molecular formula is C22H27N7O. The maximum Gasteiger partial charge on any atom is 0.270 e. The van der Waals surface area contributed by atoms with Crippen molar-refractivity contribution in [1.29, 1.82) is 0 Å². The normalized spacial score (nSPS) is 14.4. The van der Waals surface area contributed by atoms with Gasteiger partial charge in [0.1, 0.15) is 12.0 Å². The van der Waals surface area contributed by atoms with Crippen molar-refractivity contribution in [3.8, 4) is 0 Å². The van der Waals surface area contributed by atoms with Gasteiger partial charge in [0, 0.05) is 18.7 Å². The van der Waals surface area contributed by atoms with Gasteiger partial charge >= 0.3 is 0 Å². The van der Waals surface area contributed by atoms with Crippen molar-refractivity contribution in [2.75, 3.05) is 42.7 Å². The molecule has 1 aliphatic rings. The van der Waals surface area contributed by atoms with E-state index >= 15 is 0 Å². The number of anilines is 3. The molecule has 1 fully saturated rings. The van der Waals surface area contributed by atoms with E-state index in [0.717, 1.165) is 37.0 Å². The van der Waals surface area contributed by atoms with Gasteiger partial charge in [-0.25, -0.2) is 9.97 Å². The van der Waals surface area contributed by atoms with Gasteiger partial charge in [-0.1, -0.05) is 42.8 Å². The highest BCUT2D eigenvalue weighted by Gasteiger charge is 2.13. The number of nitrogen functional groups attached to an aromatic ring is 1. The van der Waals surface area contributed by atoms with Crippen LogP contribution in [0.25, 0.3) is 10.8 Å². The van der Waals surface area contributed by atoms with Crippen LogP contribution >= 0.6 is 0 Å². The predicted molar refractivity (Wildman–Crippen MR) is 120 cm³/mol. The van der Waals surface area contributed by atoms with Crippen molar-refractivity contribution in [2.24, 2.45) is 0 Å². The lowest BCUT2D eigenvalue weighted by Crippen LogP contribution is -2.34. The van der Waals surface area contributed by atoms with E-state index in [1.54, 1.807) is 6.07 Å². The third kappa shape index (κ3) is 4.60. The van der Waals surface area contributed by atoms with Crippen LogP contribution in [0.2, 0.25) is 0 Å². The number of hydrogen-bond acceptors (Lipinski definition) is 7. The van der Waals surface area contributed by atoms with E-state index in [2.05, 4.69) is 31.0 Å². The van der Waals surface area contributed by atoms with Crippen molar-refractivity contribution >= 4 is 34.0 Å². The van der Waals surface area contributed by atoms with Crippen LogP contribution in [0.4, 0.5) is 17.3 Å². The number of aromatic nitrogens is 2. The molecular weight excluding hydrogens is 378 g/mol. The Morgan fingerprint density at radius 2 is 1.77 bits per heavy atom. The zero-order valence-electron chi connectivity index (χ0n) is 16.9. The molecule has 156 valence electrons. The fraction of sp³-hybridized carbons (Fsp3) is 0.318. The molecule has 2 aromatic carbocycles. The summed E-state index contributed by atoms with van der Waals surface area (Å²) in [6.45, 7) is 3.99. The van der Waals surface area contributed by atoms with Crippen LogP contribution in [-0.2, 0) is 0 Å². The lowest BCUT2D eigenvalue weighted by atomic mass is 10.0. The first kappa shape index (κ1) is 19.9. The van der Waals surface area contributed by atoms with Crippen molar-refractivity contribution in [1.82, 2.24) is 20.3 Å². The molecule has 30 heavy (non-hydrogen) atoms. The van der Waals surface area contributed by atoms with Crippen molar-refractivity contribution in [2.45, 2.75) is 19.3 Å². The maximum absolute atomic E-state index is 12.7. The second kappa shape index (κ2) is 9.41. The number of rotatable bonds is 7. The summed E-state index contributed by atoms with van der Waals surface area (Å²) in [5, 5.41) is 5.16. The first-order valence-electron chi connectivity index (χ1n) is 10.3. The smallest absolute Gasteiger partial charge is 0.270 e. The molecule has 0 bridgehead atoms. The lowest BCUT2D eigenvalue weighted by molar-refractivity contribution is 0.0964. The van der Waals surface area contributed by atoms with E-state index in [1.165, 1.54) is 25.6 Å². The molecule has 2 heterocycles. The molecule has 1 amide bonds. The number of benzene rings is 2. The van der Waals surface area contributed by atoms with Gasteiger partial charge < -0.3 is 16.0 Å². The van der Waals surface area contributed by atoms with Crippen LogP contribution < -0.4 is 21.9 Å². The van der Waals surface area contributed by atoms with Crippen LogP contribution in [0.5, 0.6) is 0 Å². The summed E-state index contributed by atoms with van der Waals surface area (Å²) < 4.78 is 0. The zero-order valence-corrected chi connectivity index (χ0v) is 16.9. The summed E-state index contributed by atoms with van der Waals surface area (Å²) in [7, 11) is 0. The number of hydrogen-bond donors (Lipinski definition) is 4. The van der Waals surface area contributed by atoms with Gasteiger partial charge in [0.05, 0.1) is 0 Å². The second-order valence-electron chi connectivity index (χ2n) is 7.42. The third-order valence-electron chi connectivity index (χ3n) is 5.38. The van der Waals surface area contributed by atoms with Crippen LogP contribution in [0.3, 0.4) is 0 Å². The molecule has 1 aromatic heterocycles. The quantitative estimate of drug-likeness (QED) is 0.448. The van der Waals surface area contributed by atoms with Crippen molar-refractivity contribution < 1.29 is 4.79 Å². The SMILES string of the molecule is Nc1c(NCCN2CCCCC2)ncnc1NNC(=O)c1cccc2ccccc12. The van der Waals surface area contributed by atoms with E-state index in [0.29, 0.717) is 22.9 Å². The molecule has 0 unspecified atom stereocenters. The standard InChI is InChI=1S/C22H27N7O/c23-19-20(24-11-14-29-12-4-1-5-13-29)25-15-26-21(19)27-28-22(30)18-10-6-8-16-7-2-3-9-17(16)18/h2-3,6-10,15H,1,4-5,11-14,23H2,(H,28,30)(H2,24,25,26,27). The summed E-state index contributed by atoms with van der Waals surface area (Å²) in [6.07, 6.45) is 5.27. The highest BCUT2D eigenvalue weighted by atomic mass is 16.2. The number of fused-ring (bicyclic) bond motifs is 1. The monoisotopic (exact) mass is 405 g/mol. The Hall–Kier alpha value is -3.39. The van der Waals surface area contributed by atoms with E-state index in [4.69, 9.17) is 5.73 Å². The highest BCUT2D eigenvalue weighted by Crippen LogP contribution is 2.22. The Morgan fingerprint density at radius 1 is 1.00 bits per heavy atom. The Bertz CT molecular complexity index is 1010. The number of likely N-dealkylation sites (tertiary alicyclic amines) is 1. The minimum absolute atomic E-state index is 0.260. The molecule has 8 nitrogen and oxygen atoms in total. The Balaban J connectivity index is 1.37. The number of carbonyl (C=O) groups is 1. The fourth-order valence-electron chi connectivity index (χ4n) is 3.76. The lowest BCUT2D eigenvalue weighted by Gasteiger charge is -2.26. The topological polar surface area (TPSA) is 108 Å². The van der Waals surface area contributed by atoms with Crippen LogP contribution in [0.1, 0.15) is 29.6 Å². The van der Waals surface area contributed by atoms with Gasteiger partial charge in [0.25, 0.3) is 5.91 Å². The second-order valence-corrected chi connectivity index (χ2v) is 7.42. The van der Waals surface area contributed by atoms with Gasteiger partial charge in [0.15, 0.2) is 11.6 Å². The van der Waals surface area contributed by atoms with Crippen molar-refractivity contribution in [3.63, 3.8) is 0 Å². The van der Waals surface area contributed by atoms with Gasteiger partial charge in [-0.3, -0.25) is 15.6 Å². The predicted octanol–water partition coefficient (Wildman–Crippen LogP) is 2.87. The molecule has 0 saturated carbocycles. The molecule has 0 aliphatic carbocycles. The Morgan fingerprint density at radius 3 is 2.63 bits per heavy atom. The minimum atomic E-state index is -0.260. The summed E-state index contributed by atoms with van der Waals surface area (Å²) in [5.41, 5.74) is 12.7. The highest BCUT2D eigenvalue weighted by molar-refractivity contribution is 6.07. The zero-order chi connectivity index (χ0) is 20.8. The number of piperidine rings is 1. The molecule has 4 rings (SSSR count). The summed E-state index contributed by atoms with van der Waals surface area (Å²) in [4.78, 5) is 23.5. The first-order chi connectivity index (χ1) is 14.7. The number of nitrogens with two attached hydrogens (primary N) is 1. The largest absolute Gasteiger partial charge is 0.393 e. The average molecular weight is 406 g/mol. The molecule has 0 radical (unpaired) electrons. The van der Waals surface area contributed by atoms with Crippen LogP contribution in [0, 0.1) is 0 Å². The van der Waals surface area contributed by atoms with Crippen LogP contribution in [0.15, 0.2) is 48.8 Å². The number of amides is 1. The number of nitrogens with zero attached hydrogens (tertiary/aromatic N) is 3. The van der Waals surface area contributed by atoms with E-state index in [1.807, 2.05) is 36.4 Å². The molecule has 1 saturated heterocycles. The molecule has 5 N–H and O–H groups in total. The number of hydrazine groups is 1. The van der Waals surface area contributed by atoms with Gasteiger partial charge in [-0.15, -0.1) is 0 Å². The number of carbonyl (C=O) groups excluding carboxylic acids is 1. The van der Waals surface area contributed by atoms with Crippen molar-refractivity contribution in [3.05, 3.63) is 54.4 Å². The third-order valence-corrected chi connectivity index (χ3v) is 5.38. The molecule has 8 heteroatoms. The minimum Gasteiger partial charge on any atom is -0.393 e. The summed E-state index contributed by atoms with van der Waals surface area (Å²) >= 11 is 0. The van der Waals surface area contributed by atoms with Gasteiger partial charge in [-0.2, -0.15) is 0 Å². The molecule has 0 spiro atoms. The Kier molecular flexibility index (Phi) is 6.24. The average Bonchev–Trinajstić information content (AvgIpc) is 2.79. The van der Waals surface area contributed by atoms with E-state index in [9.17, 15) is 4.79 Å². The fourth-order valence-corrected chi connectivity index (χ4v) is 3.76. The molecule has 1 aliphatic heterocycles. The van der Waals surface area contributed by atoms with Crippen LogP contribution in [-0.4, -0.2) is 47.0 Å². The molecule has 3 aromatic rings. The molecule has 0 atom stereocenters. The number of nitrogens with one attached hydrogen (secondary N) is 3. The van der Waals surface area contributed by atoms with E-state index < -0.39 is 0 Å². The first-order valence-corrected chi connectivity index (χ1v) is 10.3. The van der Waals surface area contributed by atoms with E-state index in [-0.39, 0.29) is 5.91 Å². The maximum atomic E-state index is 12.7. The van der Waals surface area contributed by atoms with Gasteiger partial charge in [-0.05, 0) is 42.8 Å². The summed E-state index contributed by atoms with van der Waals surface area (Å²) in [5.74, 6) is 0.660. The Labute approximate surface area is 175 Å².